The second-order valence-corrected chi connectivity index (χ2v) is 10.5. The lowest BCUT2D eigenvalue weighted by Gasteiger charge is -2.52. The first kappa shape index (κ1) is 23.1. The molecule has 0 saturated carbocycles. The van der Waals surface area contributed by atoms with Gasteiger partial charge in [-0.15, -0.1) is 0 Å². The molecule has 1 atom stereocenters. The maximum atomic E-state index is 12.2. The standard InChI is InChI=1S/C25H28BrN5O3/c1-16(32)31-9-7-17(8-10-31)23-29-22(30-34-23)18-11-20(13-27-12-18)25(33,24(2)14-28-15-24)19-3-5-21(26)6-4-19/h3-6,11-13,17,28,33H,7-10,14-15H2,1-2H3/t25-/m0/s1. The molecule has 0 radical (unpaired) electrons. The number of aromatic nitrogens is 3. The van der Waals surface area contributed by atoms with Crippen LogP contribution in [0.15, 0.2) is 51.7 Å². The number of nitrogens with zero attached hydrogens (tertiary/aromatic N) is 4. The minimum atomic E-state index is -1.24. The van der Waals surface area contributed by atoms with Crippen molar-refractivity contribution in [2.75, 3.05) is 26.2 Å². The number of aliphatic hydroxyl groups is 1. The van der Waals surface area contributed by atoms with Gasteiger partial charge in [0.05, 0.1) is 0 Å². The third kappa shape index (κ3) is 3.95. The summed E-state index contributed by atoms with van der Waals surface area (Å²) in [7, 11) is 0. The highest BCUT2D eigenvalue weighted by Crippen LogP contribution is 2.48. The Kier molecular flexibility index (Phi) is 6.03. The second-order valence-electron chi connectivity index (χ2n) is 9.58. The van der Waals surface area contributed by atoms with Gasteiger partial charge in [0, 0.05) is 72.4 Å². The van der Waals surface area contributed by atoms with Gasteiger partial charge in [-0.25, -0.2) is 0 Å². The lowest BCUT2D eigenvalue weighted by atomic mass is 9.63. The third-order valence-electron chi connectivity index (χ3n) is 7.31. The molecule has 4 heterocycles. The van der Waals surface area contributed by atoms with Crippen molar-refractivity contribution in [1.82, 2.24) is 25.3 Å². The Bertz CT molecular complexity index is 1190. The van der Waals surface area contributed by atoms with Gasteiger partial charge in [0.2, 0.25) is 17.6 Å². The first-order valence-electron chi connectivity index (χ1n) is 11.5. The Morgan fingerprint density at radius 2 is 1.91 bits per heavy atom. The van der Waals surface area contributed by atoms with Crippen molar-refractivity contribution >= 4 is 21.8 Å². The summed E-state index contributed by atoms with van der Waals surface area (Å²) in [5.74, 6) is 1.27. The monoisotopic (exact) mass is 525 g/mol. The van der Waals surface area contributed by atoms with Gasteiger partial charge in [-0.1, -0.05) is 40.1 Å². The molecule has 34 heavy (non-hydrogen) atoms. The highest BCUT2D eigenvalue weighted by atomic mass is 79.9. The van der Waals surface area contributed by atoms with Crippen molar-refractivity contribution in [1.29, 1.82) is 0 Å². The number of halogens is 1. The van der Waals surface area contributed by atoms with Crippen LogP contribution in [0.1, 0.15) is 49.6 Å². The number of benzene rings is 1. The first-order chi connectivity index (χ1) is 16.3. The summed E-state index contributed by atoms with van der Waals surface area (Å²) in [4.78, 5) is 22.5. The summed E-state index contributed by atoms with van der Waals surface area (Å²) in [5, 5.41) is 19.7. The molecule has 5 rings (SSSR count). The van der Waals surface area contributed by atoms with E-state index in [9.17, 15) is 9.90 Å². The minimum absolute atomic E-state index is 0.0983. The molecule has 3 aromatic rings. The Balaban J connectivity index is 1.45. The molecule has 0 spiro atoms. The average molecular weight is 526 g/mol. The number of likely N-dealkylation sites (tertiary alicyclic amines) is 1. The van der Waals surface area contributed by atoms with Crippen LogP contribution in [0, 0.1) is 5.41 Å². The van der Waals surface area contributed by atoms with Gasteiger partial charge in [0.15, 0.2) is 0 Å². The second kappa shape index (κ2) is 8.87. The van der Waals surface area contributed by atoms with Crippen LogP contribution in [0.2, 0.25) is 0 Å². The predicted molar refractivity (Wildman–Crippen MR) is 130 cm³/mol. The molecule has 2 N–H and O–H groups in total. The van der Waals surface area contributed by atoms with Crippen LogP contribution >= 0.6 is 15.9 Å². The molecule has 1 amide bonds. The molecule has 2 aliphatic rings. The average Bonchev–Trinajstić information content (AvgIpc) is 3.33. The summed E-state index contributed by atoms with van der Waals surface area (Å²) in [6.45, 7) is 6.45. The topological polar surface area (TPSA) is 104 Å². The molecular weight excluding hydrogens is 498 g/mol. The quantitative estimate of drug-likeness (QED) is 0.525. The fraction of sp³-hybridized carbons (Fsp3) is 0.440. The summed E-state index contributed by atoms with van der Waals surface area (Å²) in [5.41, 5.74) is 0.560. The maximum Gasteiger partial charge on any atom is 0.230 e. The van der Waals surface area contributed by atoms with Crippen LogP contribution in [0.4, 0.5) is 0 Å². The third-order valence-corrected chi connectivity index (χ3v) is 7.84. The Hall–Kier alpha value is -2.62. The Labute approximate surface area is 206 Å². The normalized spacial score (nSPS) is 19.9. The Morgan fingerprint density at radius 1 is 1.21 bits per heavy atom. The van der Waals surface area contributed by atoms with E-state index in [1.54, 1.807) is 19.3 Å². The molecule has 0 aliphatic carbocycles. The van der Waals surface area contributed by atoms with Crippen LogP contribution in [0.3, 0.4) is 0 Å². The van der Waals surface area contributed by atoms with Crippen molar-refractivity contribution in [3.05, 3.63) is 64.2 Å². The highest BCUT2D eigenvalue weighted by Gasteiger charge is 2.53. The molecule has 2 aromatic heterocycles. The molecule has 2 fully saturated rings. The number of piperidine rings is 1. The van der Waals surface area contributed by atoms with E-state index in [1.165, 1.54) is 0 Å². The van der Waals surface area contributed by atoms with Gasteiger partial charge in [-0.2, -0.15) is 4.98 Å². The number of carbonyl (C=O) groups excluding carboxylic acids is 1. The van der Waals surface area contributed by atoms with E-state index in [0.29, 0.717) is 49.0 Å². The van der Waals surface area contributed by atoms with Crippen LogP contribution < -0.4 is 5.32 Å². The van der Waals surface area contributed by atoms with Crippen molar-refractivity contribution in [2.45, 2.75) is 38.2 Å². The number of pyridine rings is 1. The number of rotatable bonds is 5. The number of amides is 1. The number of hydrogen-bond acceptors (Lipinski definition) is 7. The zero-order valence-electron chi connectivity index (χ0n) is 19.3. The van der Waals surface area contributed by atoms with E-state index in [0.717, 1.165) is 22.9 Å². The maximum absolute atomic E-state index is 12.2. The molecule has 178 valence electrons. The Morgan fingerprint density at radius 3 is 2.53 bits per heavy atom. The molecule has 1 aromatic carbocycles. The smallest absolute Gasteiger partial charge is 0.230 e. The van der Waals surface area contributed by atoms with Crippen LogP contribution in [-0.2, 0) is 10.4 Å². The van der Waals surface area contributed by atoms with Crippen molar-refractivity contribution in [2.24, 2.45) is 5.41 Å². The number of hydrogen-bond donors (Lipinski definition) is 2. The van der Waals surface area contributed by atoms with E-state index in [4.69, 9.17) is 4.52 Å². The first-order valence-corrected chi connectivity index (χ1v) is 12.3. The van der Waals surface area contributed by atoms with E-state index in [-0.39, 0.29) is 11.8 Å². The fourth-order valence-electron chi connectivity index (χ4n) is 5.03. The van der Waals surface area contributed by atoms with E-state index < -0.39 is 11.0 Å². The largest absolute Gasteiger partial charge is 0.380 e. The molecule has 9 heteroatoms. The van der Waals surface area contributed by atoms with Crippen molar-refractivity contribution < 1.29 is 14.4 Å². The minimum Gasteiger partial charge on any atom is -0.380 e. The van der Waals surface area contributed by atoms with Gasteiger partial charge < -0.3 is 19.8 Å². The van der Waals surface area contributed by atoms with E-state index in [1.807, 2.05) is 35.2 Å². The predicted octanol–water partition coefficient (Wildman–Crippen LogP) is 3.47. The molecular formula is C25H28BrN5O3. The van der Waals surface area contributed by atoms with Gasteiger partial charge >= 0.3 is 0 Å². The van der Waals surface area contributed by atoms with Crippen LogP contribution in [0.25, 0.3) is 11.4 Å². The molecule has 2 aliphatic heterocycles. The summed E-state index contributed by atoms with van der Waals surface area (Å²) >= 11 is 3.48. The van der Waals surface area contributed by atoms with Gasteiger partial charge in [-0.05, 0) is 36.6 Å². The van der Waals surface area contributed by atoms with Crippen molar-refractivity contribution in [3.8, 4) is 11.4 Å². The van der Waals surface area contributed by atoms with Crippen LogP contribution in [-0.4, -0.2) is 57.2 Å². The molecule has 0 bridgehead atoms. The molecule has 0 unspecified atom stereocenters. The number of carbonyl (C=O) groups is 1. The van der Waals surface area contributed by atoms with Gasteiger partial charge in [0.1, 0.15) is 5.60 Å². The van der Waals surface area contributed by atoms with E-state index >= 15 is 0 Å². The van der Waals surface area contributed by atoms with Gasteiger partial charge in [-0.3, -0.25) is 9.78 Å². The summed E-state index contributed by atoms with van der Waals surface area (Å²) in [6.07, 6.45) is 5.01. The summed E-state index contributed by atoms with van der Waals surface area (Å²) in [6, 6.07) is 9.68. The van der Waals surface area contributed by atoms with Gasteiger partial charge in [0.25, 0.3) is 0 Å². The lowest BCUT2D eigenvalue weighted by Crippen LogP contribution is -2.63. The SMILES string of the molecule is CC(=O)N1CCC(c2nc(-c3cncc([C@@](O)(c4ccc(Br)cc4)C4(C)CNC4)c3)no2)CC1. The highest BCUT2D eigenvalue weighted by molar-refractivity contribution is 9.10. The molecule has 2 saturated heterocycles. The molecule has 8 nitrogen and oxygen atoms in total. The summed E-state index contributed by atoms with van der Waals surface area (Å²) < 4.78 is 6.56. The number of nitrogens with one attached hydrogen (secondary N) is 1. The fourth-order valence-corrected chi connectivity index (χ4v) is 5.29. The zero-order valence-corrected chi connectivity index (χ0v) is 20.9. The zero-order chi connectivity index (χ0) is 23.9. The van der Waals surface area contributed by atoms with Crippen molar-refractivity contribution in [3.63, 3.8) is 0 Å². The lowest BCUT2D eigenvalue weighted by molar-refractivity contribution is -0.129. The van der Waals surface area contributed by atoms with E-state index in [2.05, 4.69) is 43.3 Å². The van der Waals surface area contributed by atoms with Crippen LogP contribution in [0.5, 0.6) is 0 Å².